The summed E-state index contributed by atoms with van der Waals surface area (Å²) >= 11 is 2.25. The molecule has 0 spiro atoms. The van der Waals surface area contributed by atoms with E-state index in [1.807, 2.05) is 18.2 Å². The van der Waals surface area contributed by atoms with Crippen molar-refractivity contribution in [3.8, 4) is 0 Å². The lowest BCUT2D eigenvalue weighted by Crippen LogP contribution is -2.26. The van der Waals surface area contributed by atoms with Crippen LogP contribution in [0.1, 0.15) is 0 Å². The number of anilines is 2. The molecule has 0 aliphatic carbocycles. The van der Waals surface area contributed by atoms with Crippen LogP contribution in [0.25, 0.3) is 0 Å². The Balaban J connectivity index is 2.53. The van der Waals surface area contributed by atoms with E-state index in [0.29, 0.717) is 13.2 Å². The summed E-state index contributed by atoms with van der Waals surface area (Å²) in [5, 5.41) is 3.31. The highest BCUT2D eigenvalue weighted by Crippen LogP contribution is 2.20. The average Bonchev–Trinajstić information content (AvgIpc) is 2.26. The van der Waals surface area contributed by atoms with Crippen molar-refractivity contribution in [2.24, 2.45) is 0 Å². The molecule has 90 valence electrons. The van der Waals surface area contributed by atoms with Gasteiger partial charge in [-0.1, -0.05) is 0 Å². The highest BCUT2D eigenvalue weighted by molar-refractivity contribution is 14.1. The average molecular weight is 336 g/mol. The van der Waals surface area contributed by atoms with Crippen LogP contribution in [-0.4, -0.2) is 33.5 Å². The fraction of sp³-hybridized carbons (Fsp3) is 0.455. The van der Waals surface area contributed by atoms with Gasteiger partial charge in [0.15, 0.2) is 0 Å². The van der Waals surface area contributed by atoms with Gasteiger partial charge in [-0.15, -0.1) is 0 Å². The van der Waals surface area contributed by atoms with Crippen molar-refractivity contribution in [1.82, 2.24) is 0 Å². The molecule has 0 heterocycles. The van der Waals surface area contributed by atoms with Crippen LogP contribution in [0.4, 0.5) is 11.4 Å². The Morgan fingerprint density at radius 3 is 2.75 bits per heavy atom. The van der Waals surface area contributed by atoms with Crippen molar-refractivity contribution >= 4 is 34.0 Å². The van der Waals surface area contributed by atoms with E-state index < -0.39 is 0 Å². The first kappa shape index (κ1) is 13.5. The fourth-order valence-corrected chi connectivity index (χ4v) is 2.02. The molecule has 1 unspecified atom stereocenters. The van der Waals surface area contributed by atoms with Crippen molar-refractivity contribution in [3.05, 3.63) is 21.8 Å². The standard InChI is InChI=1S/C11H17IN2O2/c1-15-7-9(16-2)6-14-11-4-3-8(13)5-10(11)12/h3-5,9,14H,6-7,13H2,1-2H3. The minimum absolute atomic E-state index is 0.0540. The zero-order chi connectivity index (χ0) is 12.0. The lowest BCUT2D eigenvalue weighted by atomic mass is 10.2. The molecule has 0 amide bonds. The van der Waals surface area contributed by atoms with Gasteiger partial charge in [0.05, 0.1) is 12.7 Å². The van der Waals surface area contributed by atoms with E-state index in [2.05, 4.69) is 27.9 Å². The number of nitrogens with two attached hydrogens (primary N) is 1. The van der Waals surface area contributed by atoms with E-state index >= 15 is 0 Å². The van der Waals surface area contributed by atoms with E-state index in [1.165, 1.54) is 0 Å². The molecule has 0 aliphatic rings. The molecule has 0 aliphatic heterocycles. The number of nitrogens with one attached hydrogen (secondary N) is 1. The predicted octanol–water partition coefficient (Wildman–Crippen LogP) is 1.95. The second-order valence-electron chi connectivity index (χ2n) is 3.43. The maximum atomic E-state index is 5.68. The molecule has 16 heavy (non-hydrogen) atoms. The van der Waals surface area contributed by atoms with Crippen LogP contribution in [0.3, 0.4) is 0 Å². The number of nitrogen functional groups attached to an aromatic ring is 1. The Kier molecular flexibility index (Phi) is 5.86. The molecule has 0 saturated heterocycles. The van der Waals surface area contributed by atoms with Crippen LogP contribution in [0.5, 0.6) is 0 Å². The van der Waals surface area contributed by atoms with E-state index in [0.717, 1.165) is 14.9 Å². The number of methoxy groups -OCH3 is 2. The third-order valence-corrected chi connectivity index (χ3v) is 3.09. The lowest BCUT2D eigenvalue weighted by Gasteiger charge is -2.16. The Hall–Kier alpha value is -0.530. The number of hydrogen-bond donors (Lipinski definition) is 2. The minimum Gasteiger partial charge on any atom is -0.399 e. The molecule has 0 bridgehead atoms. The van der Waals surface area contributed by atoms with Crippen molar-refractivity contribution in [2.45, 2.75) is 6.10 Å². The Morgan fingerprint density at radius 2 is 2.19 bits per heavy atom. The van der Waals surface area contributed by atoms with E-state index in [4.69, 9.17) is 15.2 Å². The summed E-state index contributed by atoms with van der Waals surface area (Å²) in [6.45, 7) is 1.29. The Bertz CT molecular complexity index is 334. The third-order valence-electron chi connectivity index (χ3n) is 2.20. The first-order valence-corrected chi connectivity index (χ1v) is 6.06. The molecule has 1 aromatic rings. The maximum Gasteiger partial charge on any atom is 0.0976 e. The SMILES string of the molecule is COCC(CNc1ccc(N)cc1I)OC. The highest BCUT2D eigenvalue weighted by Gasteiger charge is 2.07. The van der Waals surface area contributed by atoms with Crippen LogP contribution in [-0.2, 0) is 9.47 Å². The summed E-state index contributed by atoms with van der Waals surface area (Å²) in [7, 11) is 3.35. The van der Waals surface area contributed by atoms with Crippen molar-refractivity contribution < 1.29 is 9.47 Å². The Morgan fingerprint density at radius 1 is 1.44 bits per heavy atom. The first-order valence-electron chi connectivity index (χ1n) is 4.98. The van der Waals surface area contributed by atoms with E-state index in [9.17, 15) is 0 Å². The molecule has 1 aromatic carbocycles. The minimum atomic E-state index is 0.0540. The van der Waals surface area contributed by atoms with Crippen LogP contribution < -0.4 is 11.1 Å². The van der Waals surface area contributed by atoms with Gasteiger partial charge in [0, 0.05) is 35.7 Å². The molecule has 0 saturated carbocycles. The second kappa shape index (κ2) is 6.93. The van der Waals surface area contributed by atoms with Gasteiger partial charge in [-0.2, -0.15) is 0 Å². The van der Waals surface area contributed by atoms with Gasteiger partial charge in [0.25, 0.3) is 0 Å². The molecule has 0 radical (unpaired) electrons. The zero-order valence-electron chi connectivity index (χ0n) is 9.50. The number of ether oxygens (including phenoxy) is 2. The monoisotopic (exact) mass is 336 g/mol. The zero-order valence-corrected chi connectivity index (χ0v) is 11.7. The lowest BCUT2D eigenvalue weighted by molar-refractivity contribution is 0.0365. The molecule has 1 rings (SSSR count). The first-order chi connectivity index (χ1) is 7.67. The van der Waals surface area contributed by atoms with Crippen LogP contribution in [0.2, 0.25) is 0 Å². The smallest absolute Gasteiger partial charge is 0.0976 e. The molecular weight excluding hydrogens is 319 g/mol. The normalized spacial score (nSPS) is 12.4. The van der Waals surface area contributed by atoms with Crippen LogP contribution in [0, 0.1) is 3.57 Å². The predicted molar refractivity (Wildman–Crippen MR) is 74.7 cm³/mol. The van der Waals surface area contributed by atoms with E-state index in [-0.39, 0.29) is 6.10 Å². The number of benzene rings is 1. The van der Waals surface area contributed by atoms with Crippen LogP contribution >= 0.6 is 22.6 Å². The van der Waals surface area contributed by atoms with Gasteiger partial charge in [0.2, 0.25) is 0 Å². The number of halogens is 1. The van der Waals surface area contributed by atoms with Gasteiger partial charge < -0.3 is 20.5 Å². The summed E-state index contributed by atoms with van der Waals surface area (Å²) in [4.78, 5) is 0. The summed E-state index contributed by atoms with van der Waals surface area (Å²) in [6, 6.07) is 5.78. The largest absolute Gasteiger partial charge is 0.399 e. The summed E-state index contributed by atoms with van der Waals surface area (Å²) in [5.74, 6) is 0. The van der Waals surface area contributed by atoms with Gasteiger partial charge in [0.1, 0.15) is 0 Å². The van der Waals surface area contributed by atoms with E-state index in [1.54, 1.807) is 14.2 Å². The second-order valence-corrected chi connectivity index (χ2v) is 4.60. The Labute approximate surface area is 110 Å². The topological polar surface area (TPSA) is 56.5 Å². The molecule has 5 heteroatoms. The third kappa shape index (κ3) is 4.15. The van der Waals surface area contributed by atoms with Crippen LogP contribution in [0.15, 0.2) is 18.2 Å². The maximum absolute atomic E-state index is 5.68. The molecule has 4 nitrogen and oxygen atoms in total. The molecular formula is C11H17IN2O2. The molecule has 3 N–H and O–H groups in total. The summed E-state index contributed by atoms with van der Waals surface area (Å²) < 4.78 is 11.4. The molecule has 0 aromatic heterocycles. The van der Waals surface area contributed by atoms with Gasteiger partial charge >= 0.3 is 0 Å². The van der Waals surface area contributed by atoms with Gasteiger partial charge in [-0.25, -0.2) is 0 Å². The summed E-state index contributed by atoms with van der Waals surface area (Å²) in [5.41, 5.74) is 7.52. The van der Waals surface area contributed by atoms with Gasteiger partial charge in [-0.05, 0) is 40.8 Å². The fourth-order valence-electron chi connectivity index (χ4n) is 1.29. The van der Waals surface area contributed by atoms with Crippen molar-refractivity contribution in [3.63, 3.8) is 0 Å². The quantitative estimate of drug-likeness (QED) is 0.616. The van der Waals surface area contributed by atoms with Crippen molar-refractivity contribution in [1.29, 1.82) is 0 Å². The number of rotatable bonds is 6. The highest BCUT2D eigenvalue weighted by atomic mass is 127. The summed E-state index contributed by atoms with van der Waals surface area (Å²) in [6.07, 6.45) is 0.0540. The number of hydrogen-bond acceptors (Lipinski definition) is 4. The van der Waals surface area contributed by atoms with Crippen molar-refractivity contribution in [2.75, 3.05) is 38.4 Å². The molecule has 1 atom stereocenters. The van der Waals surface area contributed by atoms with Gasteiger partial charge in [-0.3, -0.25) is 0 Å². The molecule has 0 fully saturated rings.